The molecule has 2 heteroatoms. The van der Waals surface area contributed by atoms with Gasteiger partial charge >= 0.3 is 0 Å². The normalized spacial score (nSPS) is 41.1. The maximum Gasteiger partial charge on any atom is 0.0792 e. The molecule has 0 aromatic rings. The molecule has 0 saturated carbocycles. The molecule has 0 bridgehead atoms. The third-order valence-electron chi connectivity index (χ3n) is 3.69. The predicted molar refractivity (Wildman–Crippen MR) is 53.9 cm³/mol. The molecule has 0 radical (unpaired) electrons. The smallest absolute Gasteiger partial charge is 0.0792 e. The van der Waals surface area contributed by atoms with Crippen molar-refractivity contribution < 1.29 is 9.84 Å². The molecule has 0 spiro atoms. The lowest BCUT2D eigenvalue weighted by Crippen LogP contribution is -2.31. The van der Waals surface area contributed by atoms with E-state index in [1.807, 2.05) is 6.08 Å². The number of aliphatic hydroxyl groups excluding tert-OH is 1. The summed E-state index contributed by atoms with van der Waals surface area (Å²) in [7, 11) is 0. The second-order valence-corrected chi connectivity index (χ2v) is 4.48. The SMILES string of the molecule is OC1C=CC2=C3CCCOC3CCC21. The summed E-state index contributed by atoms with van der Waals surface area (Å²) in [6.45, 7) is 0.915. The largest absolute Gasteiger partial charge is 0.388 e. The Bertz CT molecular complexity index is 303. The van der Waals surface area contributed by atoms with Crippen LogP contribution in [0, 0.1) is 5.92 Å². The number of hydrogen-bond donors (Lipinski definition) is 1. The summed E-state index contributed by atoms with van der Waals surface area (Å²) in [5.74, 6) is 0.378. The second kappa shape index (κ2) is 3.21. The number of ether oxygens (including phenoxy) is 1. The molecule has 0 amide bonds. The van der Waals surface area contributed by atoms with Crippen LogP contribution in [0.3, 0.4) is 0 Å². The van der Waals surface area contributed by atoms with Gasteiger partial charge in [0.05, 0.1) is 12.2 Å². The molecule has 3 aliphatic rings. The highest BCUT2D eigenvalue weighted by molar-refractivity contribution is 5.39. The molecule has 3 rings (SSSR count). The third-order valence-corrected chi connectivity index (χ3v) is 3.69. The minimum absolute atomic E-state index is 0.236. The quantitative estimate of drug-likeness (QED) is 0.634. The van der Waals surface area contributed by atoms with E-state index in [1.165, 1.54) is 17.6 Å². The van der Waals surface area contributed by atoms with Crippen molar-refractivity contribution in [3.05, 3.63) is 23.3 Å². The van der Waals surface area contributed by atoms with E-state index in [9.17, 15) is 5.11 Å². The number of fused-ring (bicyclic) bond motifs is 2. The summed E-state index contributed by atoms with van der Waals surface area (Å²) in [4.78, 5) is 0. The van der Waals surface area contributed by atoms with Gasteiger partial charge in [0.15, 0.2) is 0 Å². The molecule has 1 fully saturated rings. The third kappa shape index (κ3) is 1.17. The van der Waals surface area contributed by atoms with Gasteiger partial charge in [-0.3, -0.25) is 0 Å². The highest BCUT2D eigenvalue weighted by Crippen LogP contribution is 2.41. The van der Waals surface area contributed by atoms with Crippen LogP contribution in [0.4, 0.5) is 0 Å². The van der Waals surface area contributed by atoms with Gasteiger partial charge < -0.3 is 9.84 Å². The first-order valence-corrected chi connectivity index (χ1v) is 5.57. The Kier molecular flexibility index (Phi) is 1.99. The Morgan fingerprint density at radius 2 is 2.29 bits per heavy atom. The number of hydrogen-bond acceptors (Lipinski definition) is 2. The van der Waals surface area contributed by atoms with Gasteiger partial charge in [0.25, 0.3) is 0 Å². The van der Waals surface area contributed by atoms with Crippen LogP contribution >= 0.6 is 0 Å². The zero-order valence-corrected chi connectivity index (χ0v) is 8.28. The Labute approximate surface area is 84.3 Å². The molecule has 2 aliphatic carbocycles. The summed E-state index contributed by atoms with van der Waals surface area (Å²) in [5, 5.41) is 9.75. The van der Waals surface area contributed by atoms with Crippen molar-refractivity contribution in [1.29, 1.82) is 0 Å². The highest BCUT2D eigenvalue weighted by Gasteiger charge is 2.35. The number of rotatable bonds is 0. The molecule has 0 aromatic carbocycles. The Morgan fingerprint density at radius 1 is 1.36 bits per heavy atom. The van der Waals surface area contributed by atoms with Crippen LogP contribution in [-0.2, 0) is 4.74 Å². The van der Waals surface area contributed by atoms with E-state index in [0.717, 1.165) is 25.9 Å². The Hall–Kier alpha value is -0.600. The molecule has 3 unspecified atom stereocenters. The lowest BCUT2D eigenvalue weighted by molar-refractivity contribution is 0.0316. The van der Waals surface area contributed by atoms with Crippen molar-refractivity contribution in [1.82, 2.24) is 0 Å². The standard InChI is InChI=1S/C12H16O2/c13-11-5-3-8-9(11)4-6-12-10(8)2-1-7-14-12/h3,5,9,11-13H,1-2,4,6-7H2. The molecule has 76 valence electrons. The van der Waals surface area contributed by atoms with Gasteiger partial charge in [0, 0.05) is 12.5 Å². The van der Waals surface area contributed by atoms with Crippen molar-refractivity contribution in [3.63, 3.8) is 0 Å². The fourth-order valence-corrected chi connectivity index (χ4v) is 2.98. The molecule has 0 aromatic heterocycles. The van der Waals surface area contributed by atoms with Gasteiger partial charge in [0.2, 0.25) is 0 Å². The van der Waals surface area contributed by atoms with Crippen molar-refractivity contribution in [2.45, 2.75) is 37.9 Å². The maximum absolute atomic E-state index is 9.75. The molecule has 1 aliphatic heterocycles. The lowest BCUT2D eigenvalue weighted by atomic mass is 9.79. The first kappa shape index (κ1) is 8.69. The van der Waals surface area contributed by atoms with Crippen LogP contribution in [0.2, 0.25) is 0 Å². The van der Waals surface area contributed by atoms with E-state index in [4.69, 9.17) is 4.74 Å². The molecular weight excluding hydrogens is 176 g/mol. The van der Waals surface area contributed by atoms with Crippen molar-refractivity contribution >= 4 is 0 Å². The Morgan fingerprint density at radius 3 is 3.21 bits per heavy atom. The van der Waals surface area contributed by atoms with Gasteiger partial charge in [-0.15, -0.1) is 0 Å². The van der Waals surface area contributed by atoms with E-state index in [-0.39, 0.29) is 6.10 Å². The predicted octanol–water partition coefficient (Wildman–Crippen LogP) is 1.80. The zero-order valence-electron chi connectivity index (χ0n) is 8.28. The maximum atomic E-state index is 9.75. The van der Waals surface area contributed by atoms with Gasteiger partial charge in [0.1, 0.15) is 0 Å². The van der Waals surface area contributed by atoms with Gasteiger partial charge in [-0.1, -0.05) is 12.2 Å². The average molecular weight is 192 g/mol. The van der Waals surface area contributed by atoms with Crippen molar-refractivity contribution in [3.8, 4) is 0 Å². The van der Waals surface area contributed by atoms with E-state index in [2.05, 4.69) is 6.08 Å². The van der Waals surface area contributed by atoms with Gasteiger partial charge in [-0.2, -0.15) is 0 Å². The zero-order chi connectivity index (χ0) is 9.54. The average Bonchev–Trinajstić information content (AvgIpc) is 2.61. The minimum Gasteiger partial charge on any atom is -0.388 e. The first-order chi connectivity index (χ1) is 6.86. The van der Waals surface area contributed by atoms with Crippen LogP contribution < -0.4 is 0 Å². The van der Waals surface area contributed by atoms with E-state index in [0.29, 0.717) is 12.0 Å². The molecule has 1 heterocycles. The highest BCUT2D eigenvalue weighted by atomic mass is 16.5. The Balaban J connectivity index is 1.98. The molecular formula is C12H16O2. The van der Waals surface area contributed by atoms with E-state index < -0.39 is 0 Å². The fourth-order valence-electron chi connectivity index (χ4n) is 2.98. The number of aliphatic hydroxyl groups is 1. The monoisotopic (exact) mass is 192 g/mol. The topological polar surface area (TPSA) is 29.5 Å². The molecule has 3 atom stereocenters. The first-order valence-electron chi connectivity index (χ1n) is 5.57. The van der Waals surface area contributed by atoms with E-state index in [1.54, 1.807) is 0 Å². The van der Waals surface area contributed by atoms with Crippen molar-refractivity contribution in [2.75, 3.05) is 6.61 Å². The summed E-state index contributed by atoms with van der Waals surface area (Å²) >= 11 is 0. The minimum atomic E-state index is -0.236. The molecule has 2 nitrogen and oxygen atoms in total. The van der Waals surface area contributed by atoms with E-state index >= 15 is 0 Å². The number of allylic oxidation sites excluding steroid dienone is 1. The van der Waals surface area contributed by atoms with Crippen LogP contribution in [0.5, 0.6) is 0 Å². The summed E-state index contributed by atoms with van der Waals surface area (Å²) < 4.78 is 5.75. The van der Waals surface area contributed by atoms with Crippen molar-refractivity contribution in [2.24, 2.45) is 5.92 Å². The molecule has 1 saturated heterocycles. The van der Waals surface area contributed by atoms with Crippen LogP contribution in [0.1, 0.15) is 25.7 Å². The van der Waals surface area contributed by atoms with Crippen LogP contribution in [0.15, 0.2) is 23.3 Å². The van der Waals surface area contributed by atoms with Crippen LogP contribution in [-0.4, -0.2) is 23.9 Å². The lowest BCUT2D eigenvalue weighted by Gasteiger charge is -2.35. The molecule has 14 heavy (non-hydrogen) atoms. The van der Waals surface area contributed by atoms with Gasteiger partial charge in [-0.05, 0) is 36.8 Å². The summed E-state index contributed by atoms with van der Waals surface area (Å²) in [6, 6.07) is 0. The summed E-state index contributed by atoms with van der Waals surface area (Å²) in [5.41, 5.74) is 2.86. The second-order valence-electron chi connectivity index (χ2n) is 4.48. The van der Waals surface area contributed by atoms with Crippen LogP contribution in [0.25, 0.3) is 0 Å². The fraction of sp³-hybridized carbons (Fsp3) is 0.667. The summed E-state index contributed by atoms with van der Waals surface area (Å²) in [6.07, 6.45) is 8.68. The molecule has 1 N–H and O–H groups in total. The van der Waals surface area contributed by atoms with Gasteiger partial charge in [-0.25, -0.2) is 0 Å².